The molecule has 0 aromatic heterocycles. The second kappa shape index (κ2) is 2.89. The zero-order chi connectivity index (χ0) is 7.61. The van der Waals surface area contributed by atoms with Crippen molar-refractivity contribution < 1.29 is 5.11 Å². The number of hydrogen-bond acceptors (Lipinski definition) is 2. The predicted octanol–water partition coefficient (Wildman–Crippen LogP) is 0.899. The van der Waals surface area contributed by atoms with Crippen molar-refractivity contribution in [3.8, 4) is 0 Å². The van der Waals surface area contributed by atoms with E-state index in [0.29, 0.717) is 6.04 Å². The van der Waals surface area contributed by atoms with Gasteiger partial charge >= 0.3 is 0 Å². The van der Waals surface area contributed by atoms with Crippen LogP contribution in [0.4, 0.5) is 0 Å². The van der Waals surface area contributed by atoms with Gasteiger partial charge in [0.1, 0.15) is 0 Å². The van der Waals surface area contributed by atoms with Crippen molar-refractivity contribution in [2.24, 2.45) is 0 Å². The van der Waals surface area contributed by atoms with Gasteiger partial charge in [0.05, 0.1) is 6.61 Å². The van der Waals surface area contributed by atoms with Crippen molar-refractivity contribution in [1.29, 1.82) is 0 Å². The smallest absolute Gasteiger partial charge is 0.0610 e. The van der Waals surface area contributed by atoms with Gasteiger partial charge in [-0.25, -0.2) is 0 Å². The Morgan fingerprint density at radius 1 is 1.60 bits per heavy atom. The molecule has 0 aromatic rings. The highest BCUT2D eigenvalue weighted by atomic mass is 16.3. The Morgan fingerprint density at radius 3 is 2.50 bits per heavy atom. The summed E-state index contributed by atoms with van der Waals surface area (Å²) in [6, 6.07) is 0.692. The molecule has 0 bridgehead atoms. The first-order valence-corrected chi connectivity index (χ1v) is 4.09. The molecule has 10 heavy (non-hydrogen) atoms. The quantitative estimate of drug-likeness (QED) is 0.613. The molecular formula is C8H17NO. The SMILES string of the molecule is CCC(C)(CO)NC1CC1. The van der Waals surface area contributed by atoms with Gasteiger partial charge in [-0.3, -0.25) is 0 Å². The lowest BCUT2D eigenvalue weighted by Gasteiger charge is -2.27. The van der Waals surface area contributed by atoms with E-state index in [4.69, 9.17) is 5.11 Å². The van der Waals surface area contributed by atoms with Crippen LogP contribution in [0.2, 0.25) is 0 Å². The van der Waals surface area contributed by atoms with Gasteiger partial charge in [0.15, 0.2) is 0 Å². The van der Waals surface area contributed by atoms with Gasteiger partial charge in [0.2, 0.25) is 0 Å². The van der Waals surface area contributed by atoms with E-state index in [0.717, 1.165) is 6.42 Å². The van der Waals surface area contributed by atoms with Gasteiger partial charge in [0.25, 0.3) is 0 Å². The number of aliphatic hydroxyl groups is 1. The van der Waals surface area contributed by atoms with Crippen LogP contribution in [0.15, 0.2) is 0 Å². The summed E-state index contributed by atoms with van der Waals surface area (Å²) >= 11 is 0. The van der Waals surface area contributed by atoms with Crippen molar-refractivity contribution >= 4 is 0 Å². The lowest BCUT2D eigenvalue weighted by atomic mass is 10.0. The zero-order valence-electron chi connectivity index (χ0n) is 6.85. The van der Waals surface area contributed by atoms with Crippen molar-refractivity contribution in [3.05, 3.63) is 0 Å². The van der Waals surface area contributed by atoms with E-state index in [1.54, 1.807) is 0 Å². The van der Waals surface area contributed by atoms with Crippen LogP contribution >= 0.6 is 0 Å². The summed E-state index contributed by atoms with van der Waals surface area (Å²) in [5, 5.41) is 12.4. The fraction of sp³-hybridized carbons (Fsp3) is 1.00. The normalized spacial score (nSPS) is 24.3. The van der Waals surface area contributed by atoms with E-state index in [2.05, 4.69) is 19.2 Å². The second-order valence-corrected chi connectivity index (χ2v) is 3.49. The van der Waals surface area contributed by atoms with Gasteiger partial charge in [-0.1, -0.05) is 6.92 Å². The summed E-state index contributed by atoms with van der Waals surface area (Å²) in [4.78, 5) is 0. The van der Waals surface area contributed by atoms with Gasteiger partial charge in [0, 0.05) is 11.6 Å². The van der Waals surface area contributed by atoms with Gasteiger partial charge in [-0.15, -0.1) is 0 Å². The van der Waals surface area contributed by atoms with E-state index in [9.17, 15) is 0 Å². The second-order valence-electron chi connectivity index (χ2n) is 3.49. The predicted molar refractivity (Wildman–Crippen MR) is 41.9 cm³/mol. The van der Waals surface area contributed by atoms with E-state index < -0.39 is 0 Å². The Kier molecular flexibility index (Phi) is 2.32. The Morgan fingerprint density at radius 2 is 2.20 bits per heavy atom. The highest BCUT2D eigenvalue weighted by Gasteiger charge is 2.30. The fourth-order valence-corrected chi connectivity index (χ4v) is 0.980. The summed E-state index contributed by atoms with van der Waals surface area (Å²) < 4.78 is 0. The maximum Gasteiger partial charge on any atom is 0.0610 e. The molecule has 0 aliphatic heterocycles. The Labute approximate surface area is 62.6 Å². The molecule has 0 heterocycles. The largest absolute Gasteiger partial charge is 0.394 e. The molecule has 1 unspecified atom stereocenters. The molecule has 0 spiro atoms. The van der Waals surface area contributed by atoms with Crippen LogP contribution in [-0.2, 0) is 0 Å². The van der Waals surface area contributed by atoms with Crippen LogP contribution < -0.4 is 5.32 Å². The lowest BCUT2D eigenvalue weighted by Crippen LogP contribution is -2.46. The third-order valence-electron chi connectivity index (χ3n) is 2.26. The highest BCUT2D eigenvalue weighted by molar-refractivity contribution is 4.91. The third-order valence-corrected chi connectivity index (χ3v) is 2.26. The van der Waals surface area contributed by atoms with E-state index in [1.807, 2.05) is 0 Å². The van der Waals surface area contributed by atoms with Gasteiger partial charge in [-0.05, 0) is 26.2 Å². The minimum atomic E-state index is -0.0266. The van der Waals surface area contributed by atoms with Crippen molar-refractivity contribution in [3.63, 3.8) is 0 Å². The minimum absolute atomic E-state index is 0.0266. The topological polar surface area (TPSA) is 32.3 Å². The first kappa shape index (κ1) is 8.02. The molecule has 60 valence electrons. The molecule has 0 aromatic carbocycles. The van der Waals surface area contributed by atoms with Crippen LogP contribution in [0.3, 0.4) is 0 Å². The number of hydrogen-bond donors (Lipinski definition) is 2. The molecule has 0 saturated heterocycles. The van der Waals surface area contributed by atoms with Crippen LogP contribution in [0.25, 0.3) is 0 Å². The maximum atomic E-state index is 9.00. The minimum Gasteiger partial charge on any atom is -0.394 e. The molecule has 1 rings (SSSR count). The molecule has 2 nitrogen and oxygen atoms in total. The summed E-state index contributed by atoms with van der Waals surface area (Å²) in [5.74, 6) is 0. The van der Waals surface area contributed by atoms with E-state index >= 15 is 0 Å². The molecule has 1 atom stereocenters. The molecular weight excluding hydrogens is 126 g/mol. The summed E-state index contributed by atoms with van der Waals surface area (Å²) in [6.45, 7) is 4.43. The Balaban J connectivity index is 2.29. The number of nitrogens with one attached hydrogen (secondary N) is 1. The average molecular weight is 143 g/mol. The average Bonchev–Trinajstić information content (AvgIpc) is 2.72. The monoisotopic (exact) mass is 143 g/mol. The van der Waals surface area contributed by atoms with Crippen molar-refractivity contribution in [2.75, 3.05) is 6.61 Å². The molecule has 2 N–H and O–H groups in total. The zero-order valence-corrected chi connectivity index (χ0v) is 6.85. The fourth-order valence-electron chi connectivity index (χ4n) is 0.980. The molecule has 1 fully saturated rings. The van der Waals surface area contributed by atoms with Gasteiger partial charge < -0.3 is 10.4 Å². The number of rotatable bonds is 4. The molecule has 2 heteroatoms. The Hall–Kier alpha value is -0.0800. The summed E-state index contributed by atoms with van der Waals surface area (Å²) in [5.41, 5.74) is -0.0266. The highest BCUT2D eigenvalue weighted by Crippen LogP contribution is 2.23. The molecule has 0 amide bonds. The van der Waals surface area contributed by atoms with Gasteiger partial charge in [-0.2, -0.15) is 0 Å². The Bertz CT molecular complexity index is 106. The van der Waals surface area contributed by atoms with Crippen LogP contribution in [0, 0.1) is 0 Å². The third kappa shape index (κ3) is 1.96. The van der Waals surface area contributed by atoms with Crippen LogP contribution in [0.5, 0.6) is 0 Å². The van der Waals surface area contributed by atoms with Crippen LogP contribution in [0.1, 0.15) is 33.1 Å². The first-order chi connectivity index (χ1) is 4.70. The molecule has 1 saturated carbocycles. The molecule has 1 aliphatic carbocycles. The maximum absolute atomic E-state index is 9.00. The van der Waals surface area contributed by atoms with Crippen LogP contribution in [-0.4, -0.2) is 23.3 Å². The van der Waals surface area contributed by atoms with E-state index in [-0.39, 0.29) is 12.1 Å². The molecule has 0 radical (unpaired) electrons. The van der Waals surface area contributed by atoms with Crippen molar-refractivity contribution in [2.45, 2.75) is 44.7 Å². The molecule has 1 aliphatic rings. The number of aliphatic hydroxyl groups excluding tert-OH is 1. The summed E-state index contributed by atoms with van der Waals surface area (Å²) in [7, 11) is 0. The first-order valence-electron chi connectivity index (χ1n) is 4.09. The summed E-state index contributed by atoms with van der Waals surface area (Å²) in [6.07, 6.45) is 3.57. The van der Waals surface area contributed by atoms with Crippen molar-refractivity contribution in [1.82, 2.24) is 5.32 Å². The van der Waals surface area contributed by atoms with E-state index in [1.165, 1.54) is 12.8 Å². The lowest BCUT2D eigenvalue weighted by molar-refractivity contribution is 0.168. The standard InChI is InChI=1S/C8H17NO/c1-3-8(2,6-10)9-7-4-5-7/h7,9-10H,3-6H2,1-2H3.